The number of hydrogen-bond donors (Lipinski definition) is 2. The number of nitrogens with zero attached hydrogens (tertiary/aromatic N) is 1. The molecule has 0 atom stereocenters. The number of alkyl halides is 3. The number of nitrogen functional groups attached to an aromatic ring is 1. The number of ether oxygens (including phenoxy) is 1. The third kappa shape index (κ3) is 5.21. The lowest BCUT2D eigenvalue weighted by molar-refractivity contribution is -0.137. The van der Waals surface area contributed by atoms with Crippen molar-refractivity contribution in [3.63, 3.8) is 0 Å². The molecule has 136 valence electrons. The van der Waals surface area contributed by atoms with Gasteiger partial charge in [-0.05, 0) is 46.8 Å². The minimum Gasteiger partial charge on any atom is -0.444 e. The van der Waals surface area contributed by atoms with E-state index in [4.69, 9.17) is 10.5 Å². The van der Waals surface area contributed by atoms with Crippen LogP contribution in [0, 0.1) is 0 Å². The molecule has 5 nitrogen and oxygen atoms in total. The van der Waals surface area contributed by atoms with Gasteiger partial charge in [0.05, 0.1) is 22.6 Å². The molecular weight excluding hydrogens is 323 g/mol. The van der Waals surface area contributed by atoms with E-state index in [1.165, 1.54) is 11.0 Å². The molecule has 0 saturated heterocycles. The zero-order chi connectivity index (χ0) is 18.9. The Morgan fingerprint density at radius 2 is 1.79 bits per heavy atom. The third-order valence-electron chi connectivity index (χ3n) is 3.26. The van der Waals surface area contributed by atoms with E-state index in [1.807, 2.05) is 0 Å². The highest BCUT2D eigenvalue weighted by atomic mass is 19.4. The fraction of sp³-hybridized carbons (Fsp3) is 0.562. The smallest absolute Gasteiger partial charge is 0.418 e. The first kappa shape index (κ1) is 19.9. The molecule has 0 radical (unpaired) electrons. The van der Waals surface area contributed by atoms with Crippen LogP contribution in [0.25, 0.3) is 0 Å². The maximum atomic E-state index is 13.3. The first-order chi connectivity index (χ1) is 10.7. The summed E-state index contributed by atoms with van der Waals surface area (Å²) in [5, 5.41) is 2.40. The van der Waals surface area contributed by atoms with E-state index in [-0.39, 0.29) is 23.1 Å². The van der Waals surface area contributed by atoms with Crippen LogP contribution in [-0.2, 0) is 10.9 Å². The number of rotatable bonds is 3. The summed E-state index contributed by atoms with van der Waals surface area (Å²) < 4.78 is 44.9. The number of anilines is 3. The van der Waals surface area contributed by atoms with E-state index in [1.54, 1.807) is 41.7 Å². The Morgan fingerprint density at radius 1 is 1.25 bits per heavy atom. The molecular formula is C16H24F3N3O2. The number of hydrogen-bond acceptors (Lipinski definition) is 4. The van der Waals surface area contributed by atoms with Crippen molar-refractivity contribution < 1.29 is 22.7 Å². The van der Waals surface area contributed by atoms with Crippen molar-refractivity contribution in [3.8, 4) is 0 Å². The molecule has 1 amide bonds. The van der Waals surface area contributed by atoms with Crippen molar-refractivity contribution in [3.05, 3.63) is 17.7 Å². The first-order valence-corrected chi connectivity index (χ1v) is 7.46. The van der Waals surface area contributed by atoms with Gasteiger partial charge >= 0.3 is 12.3 Å². The second-order valence-corrected chi connectivity index (χ2v) is 6.79. The van der Waals surface area contributed by atoms with Crippen molar-refractivity contribution in [2.75, 3.05) is 23.0 Å². The Bertz CT molecular complexity index is 608. The zero-order valence-electron chi connectivity index (χ0n) is 14.7. The van der Waals surface area contributed by atoms with Crippen LogP contribution in [0.4, 0.5) is 35.0 Å². The van der Waals surface area contributed by atoms with E-state index in [9.17, 15) is 18.0 Å². The van der Waals surface area contributed by atoms with Gasteiger partial charge in [-0.25, -0.2) is 4.79 Å². The maximum Gasteiger partial charge on any atom is 0.418 e. The zero-order valence-corrected chi connectivity index (χ0v) is 14.7. The molecule has 1 aromatic rings. The van der Waals surface area contributed by atoms with Crippen molar-refractivity contribution in [1.29, 1.82) is 0 Å². The summed E-state index contributed by atoms with van der Waals surface area (Å²) in [6, 6.07) is 1.85. The summed E-state index contributed by atoms with van der Waals surface area (Å²) in [4.78, 5) is 13.3. The number of halogens is 3. The standard InChI is InChI=1S/C16H24F3N3O2/c1-9(2)22(6)13-8-12(21-14(23)24-15(3,4)5)11(20)7-10(13)16(17,18)19/h7-9H,20H2,1-6H3,(H,21,23). The lowest BCUT2D eigenvalue weighted by atomic mass is 10.1. The minimum absolute atomic E-state index is 0.0692. The molecule has 24 heavy (non-hydrogen) atoms. The van der Waals surface area contributed by atoms with Gasteiger partial charge in [0.2, 0.25) is 0 Å². The summed E-state index contributed by atoms with van der Waals surface area (Å²) in [5.74, 6) is 0. The number of carbonyl (C=O) groups excluding carboxylic acids is 1. The van der Waals surface area contributed by atoms with Crippen molar-refractivity contribution >= 4 is 23.2 Å². The van der Waals surface area contributed by atoms with Crippen LogP contribution in [-0.4, -0.2) is 24.8 Å². The molecule has 0 aromatic heterocycles. The van der Waals surface area contributed by atoms with Gasteiger partial charge in [0.1, 0.15) is 5.60 Å². The number of benzene rings is 1. The molecule has 0 aliphatic rings. The summed E-state index contributed by atoms with van der Waals surface area (Å²) in [7, 11) is 1.54. The van der Waals surface area contributed by atoms with Crippen LogP contribution in [0.3, 0.4) is 0 Å². The molecule has 0 heterocycles. The van der Waals surface area contributed by atoms with Crippen LogP contribution in [0.15, 0.2) is 12.1 Å². The van der Waals surface area contributed by atoms with Gasteiger partial charge in [0.25, 0.3) is 0 Å². The Kier molecular flexibility index (Phi) is 5.63. The van der Waals surface area contributed by atoms with Crippen LogP contribution < -0.4 is 16.0 Å². The molecule has 0 bridgehead atoms. The van der Waals surface area contributed by atoms with Gasteiger partial charge in [-0.1, -0.05) is 0 Å². The van der Waals surface area contributed by atoms with Gasteiger partial charge < -0.3 is 15.4 Å². The van der Waals surface area contributed by atoms with Crippen LogP contribution in [0.2, 0.25) is 0 Å². The van der Waals surface area contributed by atoms with Crippen molar-refractivity contribution in [1.82, 2.24) is 0 Å². The summed E-state index contributed by atoms with van der Waals surface area (Å²) in [6.45, 7) is 8.57. The molecule has 8 heteroatoms. The lowest BCUT2D eigenvalue weighted by Gasteiger charge is -2.28. The van der Waals surface area contributed by atoms with E-state index in [0.29, 0.717) is 0 Å². The lowest BCUT2D eigenvalue weighted by Crippen LogP contribution is -2.29. The number of nitrogens with one attached hydrogen (secondary N) is 1. The highest BCUT2D eigenvalue weighted by Crippen LogP contribution is 2.41. The predicted octanol–water partition coefficient (Wildman–Crippen LogP) is 4.48. The topological polar surface area (TPSA) is 67.6 Å². The van der Waals surface area contributed by atoms with Gasteiger partial charge in [0.15, 0.2) is 0 Å². The molecule has 0 saturated carbocycles. The summed E-state index contributed by atoms with van der Waals surface area (Å²) >= 11 is 0. The predicted molar refractivity (Wildman–Crippen MR) is 89.3 cm³/mol. The minimum atomic E-state index is -4.56. The van der Waals surface area contributed by atoms with Crippen LogP contribution >= 0.6 is 0 Å². The fourth-order valence-corrected chi connectivity index (χ4v) is 1.92. The Balaban J connectivity index is 3.29. The maximum absolute atomic E-state index is 13.3. The van der Waals surface area contributed by atoms with E-state index < -0.39 is 23.4 Å². The SMILES string of the molecule is CC(C)N(C)c1cc(NC(=O)OC(C)(C)C)c(N)cc1C(F)(F)F. The fourth-order valence-electron chi connectivity index (χ4n) is 1.92. The highest BCUT2D eigenvalue weighted by Gasteiger charge is 2.36. The molecule has 3 N–H and O–H groups in total. The second-order valence-electron chi connectivity index (χ2n) is 6.79. The Hall–Kier alpha value is -2.12. The van der Waals surface area contributed by atoms with Crippen LogP contribution in [0.1, 0.15) is 40.2 Å². The molecule has 0 aliphatic carbocycles. The van der Waals surface area contributed by atoms with Crippen molar-refractivity contribution in [2.45, 2.75) is 52.4 Å². The molecule has 0 unspecified atom stereocenters. The van der Waals surface area contributed by atoms with Gasteiger partial charge in [-0.2, -0.15) is 13.2 Å². The van der Waals surface area contributed by atoms with Crippen molar-refractivity contribution in [2.24, 2.45) is 0 Å². The summed E-state index contributed by atoms with van der Waals surface area (Å²) in [6.07, 6.45) is -5.34. The molecule has 0 aliphatic heterocycles. The van der Waals surface area contributed by atoms with E-state index >= 15 is 0 Å². The average Bonchev–Trinajstić information content (AvgIpc) is 2.36. The normalized spacial score (nSPS) is 12.2. The number of amides is 1. The van der Waals surface area contributed by atoms with E-state index in [2.05, 4.69) is 5.32 Å². The monoisotopic (exact) mass is 347 g/mol. The number of nitrogens with two attached hydrogens (primary N) is 1. The highest BCUT2D eigenvalue weighted by molar-refractivity contribution is 5.91. The van der Waals surface area contributed by atoms with E-state index in [0.717, 1.165) is 6.07 Å². The molecule has 1 rings (SSSR count). The molecule has 0 spiro atoms. The van der Waals surface area contributed by atoms with Gasteiger partial charge in [-0.3, -0.25) is 5.32 Å². The molecule has 1 aromatic carbocycles. The van der Waals surface area contributed by atoms with Gasteiger partial charge in [-0.15, -0.1) is 0 Å². The molecule has 0 fully saturated rings. The Labute approximate surface area is 140 Å². The average molecular weight is 347 g/mol. The quantitative estimate of drug-likeness (QED) is 0.791. The van der Waals surface area contributed by atoms with Crippen LogP contribution in [0.5, 0.6) is 0 Å². The first-order valence-electron chi connectivity index (χ1n) is 7.46. The largest absolute Gasteiger partial charge is 0.444 e. The second kappa shape index (κ2) is 6.78. The van der Waals surface area contributed by atoms with Gasteiger partial charge in [0, 0.05) is 13.1 Å². The number of carbonyl (C=O) groups is 1. The summed E-state index contributed by atoms with van der Waals surface area (Å²) in [5.41, 5.74) is 3.91. The Morgan fingerprint density at radius 3 is 2.21 bits per heavy atom. The third-order valence-corrected chi connectivity index (χ3v) is 3.26.